The maximum Gasteiger partial charge on any atom is 0.263 e. The second kappa shape index (κ2) is 3.38. The fourth-order valence-corrected chi connectivity index (χ4v) is 3.01. The van der Waals surface area contributed by atoms with Crippen LogP contribution < -0.4 is 11.1 Å². The molecule has 2 saturated carbocycles. The van der Waals surface area contributed by atoms with Gasteiger partial charge in [-0.25, -0.2) is 0 Å². The summed E-state index contributed by atoms with van der Waals surface area (Å²) in [5.41, 5.74) is 4.77. The Kier molecular flexibility index (Phi) is 2.17. The van der Waals surface area contributed by atoms with Gasteiger partial charge in [0.15, 0.2) is 0 Å². The van der Waals surface area contributed by atoms with Gasteiger partial charge < -0.3 is 11.1 Å². The molecule has 3 aliphatic rings. The third kappa shape index (κ3) is 1.38. The minimum atomic E-state index is -0.849. The van der Waals surface area contributed by atoms with Crippen LogP contribution in [0.1, 0.15) is 44.9 Å². The van der Waals surface area contributed by atoms with Crippen LogP contribution in [0.15, 0.2) is 4.99 Å². The van der Waals surface area contributed by atoms with Crippen molar-refractivity contribution in [1.29, 1.82) is 0 Å². The van der Waals surface area contributed by atoms with Crippen LogP contribution >= 0.6 is 0 Å². The van der Waals surface area contributed by atoms with Crippen LogP contribution in [0.4, 0.5) is 0 Å². The first-order valence-electron chi connectivity index (χ1n) is 6.31. The van der Waals surface area contributed by atoms with Gasteiger partial charge in [-0.2, -0.15) is 4.99 Å². The molecule has 0 radical (unpaired) electrons. The van der Waals surface area contributed by atoms with Crippen molar-refractivity contribution in [3.8, 4) is 0 Å². The van der Waals surface area contributed by atoms with E-state index in [2.05, 4.69) is 10.3 Å². The Labute approximate surface area is 99.8 Å². The van der Waals surface area contributed by atoms with Gasteiger partial charge in [-0.05, 0) is 25.7 Å². The summed E-state index contributed by atoms with van der Waals surface area (Å²) in [6.45, 7) is 0. The quantitative estimate of drug-likeness (QED) is 0.648. The molecule has 0 atom stereocenters. The van der Waals surface area contributed by atoms with Crippen LogP contribution in [0.25, 0.3) is 0 Å². The van der Waals surface area contributed by atoms with E-state index in [0.717, 1.165) is 32.1 Å². The summed E-state index contributed by atoms with van der Waals surface area (Å²) < 4.78 is 0. The van der Waals surface area contributed by atoms with Gasteiger partial charge in [0.25, 0.3) is 5.91 Å². The summed E-state index contributed by atoms with van der Waals surface area (Å²) >= 11 is 0. The highest BCUT2D eigenvalue weighted by Crippen LogP contribution is 2.44. The number of carbonyl (C=O) groups is 2. The molecular weight excluding hydrogens is 218 g/mol. The number of hydrogen-bond acceptors (Lipinski definition) is 3. The Bertz CT molecular complexity index is 417. The molecule has 0 bridgehead atoms. The van der Waals surface area contributed by atoms with E-state index in [-0.39, 0.29) is 11.8 Å². The van der Waals surface area contributed by atoms with Crippen molar-refractivity contribution in [2.45, 2.75) is 50.5 Å². The van der Waals surface area contributed by atoms with Crippen LogP contribution in [-0.4, -0.2) is 23.2 Å². The monoisotopic (exact) mass is 235 g/mol. The first kappa shape index (κ1) is 10.9. The van der Waals surface area contributed by atoms with Crippen LogP contribution in [0, 0.1) is 5.41 Å². The molecule has 0 unspecified atom stereocenters. The molecule has 92 valence electrons. The molecule has 2 aliphatic carbocycles. The summed E-state index contributed by atoms with van der Waals surface area (Å²) in [7, 11) is 0. The second-order valence-electron chi connectivity index (χ2n) is 5.52. The molecule has 3 N–H and O–H groups in total. The van der Waals surface area contributed by atoms with E-state index in [0.29, 0.717) is 18.7 Å². The largest absolute Gasteiger partial charge is 0.319 e. The smallest absolute Gasteiger partial charge is 0.263 e. The lowest BCUT2D eigenvalue weighted by molar-refractivity contribution is -0.147. The van der Waals surface area contributed by atoms with Gasteiger partial charge in [0, 0.05) is 0 Å². The van der Waals surface area contributed by atoms with Crippen LogP contribution in [-0.2, 0) is 9.59 Å². The molecular formula is C12H17N3O2. The average molecular weight is 235 g/mol. The first-order chi connectivity index (χ1) is 8.07. The molecule has 3 rings (SSSR count). The van der Waals surface area contributed by atoms with E-state index in [1.54, 1.807) is 0 Å². The highest BCUT2D eigenvalue weighted by atomic mass is 16.2. The third-order valence-corrected chi connectivity index (χ3v) is 4.46. The number of carbonyl (C=O) groups excluding carboxylic acids is 2. The summed E-state index contributed by atoms with van der Waals surface area (Å²) in [5, 5.41) is 2.79. The van der Waals surface area contributed by atoms with E-state index in [9.17, 15) is 9.59 Å². The number of amidine groups is 1. The number of nitrogens with zero attached hydrogens (tertiary/aromatic N) is 1. The number of aliphatic imine (C=N–C) groups is 1. The summed E-state index contributed by atoms with van der Waals surface area (Å²) in [4.78, 5) is 28.1. The van der Waals surface area contributed by atoms with Gasteiger partial charge in [-0.3, -0.25) is 9.59 Å². The molecule has 0 aromatic carbocycles. The Morgan fingerprint density at radius 3 is 2.18 bits per heavy atom. The van der Waals surface area contributed by atoms with Crippen LogP contribution in [0.3, 0.4) is 0 Å². The average Bonchev–Trinajstić information content (AvgIpc) is 2.63. The molecule has 0 aromatic rings. The topological polar surface area (TPSA) is 84.5 Å². The normalized spacial score (nSPS) is 29.8. The van der Waals surface area contributed by atoms with E-state index in [4.69, 9.17) is 5.73 Å². The lowest BCUT2D eigenvalue weighted by atomic mass is 9.66. The Morgan fingerprint density at radius 1 is 1.06 bits per heavy atom. The minimum Gasteiger partial charge on any atom is -0.319 e. The molecule has 5 heteroatoms. The molecule has 1 spiro atoms. The van der Waals surface area contributed by atoms with Gasteiger partial charge in [-0.15, -0.1) is 0 Å². The molecule has 5 nitrogen and oxygen atoms in total. The SMILES string of the molecule is NC1(C2=NC(=O)C3(CCC3)C(=O)N2)CCCC1. The Hall–Kier alpha value is -1.23. The number of nitrogens with two attached hydrogens (primary N) is 1. The fraction of sp³-hybridized carbons (Fsp3) is 0.750. The number of hydrogen-bond donors (Lipinski definition) is 2. The number of rotatable bonds is 1. The Morgan fingerprint density at radius 2 is 1.71 bits per heavy atom. The zero-order chi connectivity index (χ0) is 12.1. The maximum absolute atomic E-state index is 12.0. The van der Waals surface area contributed by atoms with E-state index in [1.165, 1.54) is 0 Å². The molecule has 0 saturated heterocycles. The second-order valence-corrected chi connectivity index (χ2v) is 5.52. The van der Waals surface area contributed by atoms with E-state index < -0.39 is 11.0 Å². The summed E-state index contributed by atoms with van der Waals surface area (Å²) in [6, 6.07) is 0. The van der Waals surface area contributed by atoms with Crippen molar-refractivity contribution < 1.29 is 9.59 Å². The molecule has 2 amide bonds. The van der Waals surface area contributed by atoms with Gasteiger partial charge in [0.05, 0.1) is 5.54 Å². The Balaban J connectivity index is 1.91. The zero-order valence-electron chi connectivity index (χ0n) is 9.79. The minimum absolute atomic E-state index is 0.185. The maximum atomic E-state index is 12.0. The van der Waals surface area contributed by atoms with Crippen LogP contribution in [0.2, 0.25) is 0 Å². The number of nitrogens with one attached hydrogen (secondary N) is 1. The fourth-order valence-electron chi connectivity index (χ4n) is 3.01. The highest BCUT2D eigenvalue weighted by molar-refractivity contribution is 6.21. The van der Waals surface area contributed by atoms with Gasteiger partial charge in [0.1, 0.15) is 11.3 Å². The molecule has 2 fully saturated rings. The van der Waals surface area contributed by atoms with Crippen molar-refractivity contribution >= 4 is 17.6 Å². The molecule has 1 aliphatic heterocycles. The lowest BCUT2D eigenvalue weighted by Gasteiger charge is -2.41. The highest BCUT2D eigenvalue weighted by Gasteiger charge is 2.55. The summed E-state index contributed by atoms with van der Waals surface area (Å²) in [5.74, 6) is -0.0581. The standard InChI is InChI=1S/C12H17N3O2/c13-12(6-1-2-7-12)8-14-9(16)11(4-3-5-11)10(17)15-8/h1-7,13H2,(H,14,15,16,17). The van der Waals surface area contributed by atoms with Crippen molar-refractivity contribution in [2.24, 2.45) is 16.1 Å². The van der Waals surface area contributed by atoms with Crippen molar-refractivity contribution in [3.05, 3.63) is 0 Å². The predicted octanol–water partition coefficient (Wildman–Crippen LogP) is 0.483. The van der Waals surface area contributed by atoms with E-state index in [1.807, 2.05) is 0 Å². The van der Waals surface area contributed by atoms with Crippen molar-refractivity contribution in [3.63, 3.8) is 0 Å². The van der Waals surface area contributed by atoms with Crippen molar-refractivity contribution in [2.75, 3.05) is 0 Å². The molecule has 17 heavy (non-hydrogen) atoms. The third-order valence-electron chi connectivity index (χ3n) is 4.46. The first-order valence-corrected chi connectivity index (χ1v) is 6.31. The number of amides is 2. The molecule has 0 aromatic heterocycles. The van der Waals surface area contributed by atoms with Gasteiger partial charge in [-0.1, -0.05) is 19.3 Å². The van der Waals surface area contributed by atoms with Crippen molar-refractivity contribution in [1.82, 2.24) is 5.32 Å². The van der Waals surface area contributed by atoms with E-state index >= 15 is 0 Å². The summed E-state index contributed by atoms with van der Waals surface area (Å²) in [6.07, 6.45) is 5.85. The zero-order valence-corrected chi connectivity index (χ0v) is 9.79. The van der Waals surface area contributed by atoms with Gasteiger partial charge >= 0.3 is 0 Å². The molecule has 1 heterocycles. The van der Waals surface area contributed by atoms with Gasteiger partial charge in [0.2, 0.25) is 5.91 Å². The lowest BCUT2D eigenvalue weighted by Crippen LogP contribution is -2.63. The predicted molar refractivity (Wildman–Crippen MR) is 62.3 cm³/mol. The van der Waals surface area contributed by atoms with Crippen LogP contribution in [0.5, 0.6) is 0 Å².